The smallest absolute Gasteiger partial charge is 0.347 e. The van der Waals surface area contributed by atoms with Crippen LogP contribution in [0.15, 0.2) is 29.1 Å². The van der Waals surface area contributed by atoms with Gasteiger partial charge in [0.05, 0.1) is 10.5 Å². The third kappa shape index (κ3) is 5.26. The number of aromatic nitrogens is 2. The maximum absolute atomic E-state index is 12.7. The number of aromatic amines is 1. The molecule has 3 aliphatic rings. The van der Waals surface area contributed by atoms with E-state index in [1.54, 1.807) is 12.1 Å². The van der Waals surface area contributed by atoms with Gasteiger partial charge < -0.3 is 34.1 Å². The number of anilines is 2. The minimum absolute atomic E-state index is 0.107. The van der Waals surface area contributed by atoms with Crippen molar-refractivity contribution >= 4 is 34.0 Å². The first-order valence-corrected chi connectivity index (χ1v) is 13.5. The molecule has 0 spiro atoms. The number of benzene rings is 2. The molecule has 202 valence electrons. The summed E-state index contributed by atoms with van der Waals surface area (Å²) in [6.07, 6.45) is 1.74. The molecule has 0 aliphatic carbocycles. The Morgan fingerprint density at radius 1 is 1.16 bits per heavy atom. The Labute approximate surface area is 225 Å². The molecule has 10 nitrogen and oxygen atoms in total. The third-order valence-corrected chi connectivity index (χ3v) is 7.81. The van der Waals surface area contributed by atoms with Crippen LogP contribution >= 0.6 is 11.6 Å². The highest BCUT2D eigenvalue weighted by Gasteiger charge is 2.25. The number of fused-ring (bicyclic) bond motifs is 2. The normalized spacial score (nSPS) is 18.7. The van der Waals surface area contributed by atoms with Crippen molar-refractivity contribution in [3.8, 4) is 17.2 Å². The molecule has 0 amide bonds. The molecule has 6 rings (SSSR count). The minimum Gasteiger partial charge on any atom is -0.492 e. The van der Waals surface area contributed by atoms with Crippen molar-refractivity contribution in [3.05, 3.63) is 45.3 Å². The fourth-order valence-corrected chi connectivity index (χ4v) is 5.55. The van der Waals surface area contributed by atoms with Crippen LogP contribution in [0.1, 0.15) is 24.3 Å². The molecule has 0 saturated carbocycles. The summed E-state index contributed by atoms with van der Waals surface area (Å²) in [6, 6.07) is 7.47. The van der Waals surface area contributed by atoms with Crippen molar-refractivity contribution in [3.63, 3.8) is 0 Å². The van der Waals surface area contributed by atoms with Crippen molar-refractivity contribution in [1.82, 2.24) is 19.8 Å². The van der Waals surface area contributed by atoms with Crippen LogP contribution in [-0.4, -0.2) is 86.2 Å². The standard InChI is InChI=1S/C27H32ClN5O5/c1-32-6-8-33(9-7-32)10-13-36-18-14-19(17-4-11-35-12-5-17)23-21(15-18)29-27(34)31-26(23)30-24-20(28)2-3-22-25(24)38-16-37-22/h2-3,14-15,17H,4-13,16H2,1H3,(H2,29,30,31,34). The van der Waals surface area contributed by atoms with Gasteiger partial charge in [-0.15, -0.1) is 0 Å². The molecule has 2 N–H and O–H groups in total. The lowest BCUT2D eigenvalue weighted by Crippen LogP contribution is -2.45. The van der Waals surface area contributed by atoms with E-state index in [4.69, 9.17) is 30.5 Å². The van der Waals surface area contributed by atoms with E-state index in [9.17, 15) is 4.79 Å². The van der Waals surface area contributed by atoms with Crippen LogP contribution in [0, 0.1) is 0 Å². The second-order valence-corrected chi connectivity index (χ2v) is 10.4. The van der Waals surface area contributed by atoms with E-state index in [-0.39, 0.29) is 12.7 Å². The van der Waals surface area contributed by atoms with Crippen molar-refractivity contribution in [1.29, 1.82) is 0 Å². The van der Waals surface area contributed by atoms with Gasteiger partial charge in [-0.25, -0.2) is 4.79 Å². The summed E-state index contributed by atoms with van der Waals surface area (Å²) < 4.78 is 23.1. The molecular weight excluding hydrogens is 510 g/mol. The molecule has 3 aliphatic heterocycles. The van der Waals surface area contributed by atoms with E-state index >= 15 is 0 Å². The second-order valence-electron chi connectivity index (χ2n) is 9.99. The van der Waals surface area contributed by atoms with Crippen LogP contribution in [0.5, 0.6) is 17.2 Å². The second kappa shape index (κ2) is 11.0. The van der Waals surface area contributed by atoms with Crippen molar-refractivity contribution in [2.24, 2.45) is 0 Å². The SMILES string of the molecule is CN1CCN(CCOc2cc(C3CCOCC3)c3c(Nc4c(Cl)ccc5c4OCO5)nc(=O)[nH]c3c2)CC1. The van der Waals surface area contributed by atoms with Gasteiger partial charge in [-0.1, -0.05) is 11.6 Å². The first kappa shape index (κ1) is 25.2. The van der Waals surface area contributed by atoms with Crippen LogP contribution in [0.4, 0.5) is 11.5 Å². The van der Waals surface area contributed by atoms with Crippen molar-refractivity contribution in [2.45, 2.75) is 18.8 Å². The number of hydrogen-bond acceptors (Lipinski definition) is 9. The number of rotatable bonds is 7. The summed E-state index contributed by atoms with van der Waals surface area (Å²) in [5.74, 6) is 2.48. The lowest BCUT2D eigenvalue weighted by Gasteiger charge is -2.32. The summed E-state index contributed by atoms with van der Waals surface area (Å²) in [7, 11) is 2.15. The number of nitrogens with one attached hydrogen (secondary N) is 2. The largest absolute Gasteiger partial charge is 0.492 e. The zero-order valence-electron chi connectivity index (χ0n) is 21.4. The predicted molar refractivity (Wildman–Crippen MR) is 145 cm³/mol. The molecule has 0 unspecified atom stereocenters. The minimum atomic E-state index is -0.464. The number of nitrogens with zero attached hydrogens (tertiary/aromatic N) is 3. The molecule has 4 heterocycles. The van der Waals surface area contributed by atoms with Crippen LogP contribution in [0.25, 0.3) is 10.9 Å². The van der Waals surface area contributed by atoms with Gasteiger partial charge in [0.1, 0.15) is 23.9 Å². The van der Waals surface area contributed by atoms with Crippen LogP contribution < -0.4 is 25.2 Å². The number of likely N-dealkylation sites (N-methyl/N-ethyl adjacent to an activating group) is 1. The summed E-state index contributed by atoms with van der Waals surface area (Å²) in [4.78, 5) is 24.7. The Bertz CT molecular complexity index is 1370. The number of hydrogen-bond donors (Lipinski definition) is 2. The monoisotopic (exact) mass is 541 g/mol. The Morgan fingerprint density at radius 3 is 2.79 bits per heavy atom. The van der Waals surface area contributed by atoms with E-state index in [0.717, 1.165) is 62.3 Å². The molecule has 0 bridgehead atoms. The van der Waals surface area contributed by atoms with E-state index in [1.165, 1.54) is 0 Å². The third-order valence-electron chi connectivity index (χ3n) is 7.50. The average molecular weight is 542 g/mol. The van der Waals surface area contributed by atoms with Gasteiger partial charge in [0.25, 0.3) is 0 Å². The zero-order valence-corrected chi connectivity index (χ0v) is 22.2. The Morgan fingerprint density at radius 2 is 1.97 bits per heavy atom. The molecule has 2 aromatic carbocycles. The van der Waals surface area contributed by atoms with Gasteiger partial charge in [0, 0.05) is 57.4 Å². The fraction of sp³-hybridized carbons (Fsp3) is 0.481. The van der Waals surface area contributed by atoms with Gasteiger partial charge in [-0.05, 0) is 49.6 Å². The predicted octanol–water partition coefficient (Wildman–Crippen LogP) is 3.57. The van der Waals surface area contributed by atoms with E-state index in [2.05, 4.69) is 38.2 Å². The summed E-state index contributed by atoms with van der Waals surface area (Å²) in [5, 5.41) is 4.57. The van der Waals surface area contributed by atoms with Gasteiger partial charge >= 0.3 is 5.69 Å². The van der Waals surface area contributed by atoms with Crippen molar-refractivity contribution < 1.29 is 18.9 Å². The lowest BCUT2D eigenvalue weighted by molar-refractivity contribution is 0.0855. The van der Waals surface area contributed by atoms with Gasteiger partial charge in [0.15, 0.2) is 11.5 Å². The quantitative estimate of drug-likeness (QED) is 0.465. The van der Waals surface area contributed by atoms with Gasteiger partial charge in [-0.3, -0.25) is 4.90 Å². The van der Waals surface area contributed by atoms with E-state index in [0.29, 0.717) is 53.4 Å². The number of piperazine rings is 1. The molecule has 38 heavy (non-hydrogen) atoms. The average Bonchev–Trinajstić information content (AvgIpc) is 3.40. The Balaban J connectivity index is 1.35. The molecule has 2 fully saturated rings. The number of ether oxygens (including phenoxy) is 4. The Kier molecular flexibility index (Phi) is 7.29. The Hall–Kier alpha value is -3.05. The van der Waals surface area contributed by atoms with Crippen LogP contribution in [-0.2, 0) is 4.74 Å². The topological polar surface area (TPSA) is 101 Å². The molecule has 11 heteroatoms. The van der Waals surface area contributed by atoms with E-state index in [1.807, 2.05) is 6.07 Å². The van der Waals surface area contributed by atoms with Crippen LogP contribution in [0.2, 0.25) is 5.02 Å². The number of halogens is 1. The van der Waals surface area contributed by atoms with Gasteiger partial charge in [0.2, 0.25) is 6.79 Å². The highest BCUT2D eigenvalue weighted by atomic mass is 35.5. The van der Waals surface area contributed by atoms with Gasteiger partial charge in [-0.2, -0.15) is 4.98 Å². The highest BCUT2D eigenvalue weighted by Crippen LogP contribution is 2.46. The fourth-order valence-electron chi connectivity index (χ4n) is 5.35. The van der Waals surface area contributed by atoms with Crippen LogP contribution in [0.3, 0.4) is 0 Å². The lowest BCUT2D eigenvalue weighted by atomic mass is 9.88. The summed E-state index contributed by atoms with van der Waals surface area (Å²) in [6.45, 7) is 7.13. The first-order chi connectivity index (χ1) is 18.5. The summed E-state index contributed by atoms with van der Waals surface area (Å²) >= 11 is 6.54. The maximum Gasteiger partial charge on any atom is 0.347 e. The molecule has 2 saturated heterocycles. The molecular formula is C27H32ClN5O5. The highest BCUT2D eigenvalue weighted by molar-refractivity contribution is 6.34. The molecule has 0 atom stereocenters. The molecule has 3 aromatic rings. The first-order valence-electron chi connectivity index (χ1n) is 13.1. The summed E-state index contributed by atoms with van der Waals surface area (Å²) in [5.41, 5.74) is 1.78. The van der Waals surface area contributed by atoms with Crippen molar-refractivity contribution in [2.75, 3.05) is 71.7 Å². The molecule has 0 radical (unpaired) electrons. The zero-order chi connectivity index (χ0) is 26.1. The number of H-pyrrole nitrogens is 1. The van der Waals surface area contributed by atoms with E-state index < -0.39 is 5.69 Å². The molecule has 1 aromatic heterocycles. The maximum atomic E-state index is 12.7.